The lowest BCUT2D eigenvalue weighted by molar-refractivity contribution is 0.630. The monoisotopic (exact) mass is 174 g/mol. The fourth-order valence-corrected chi connectivity index (χ4v) is 1.70. The second kappa shape index (κ2) is 2.84. The summed E-state index contributed by atoms with van der Waals surface area (Å²) in [5.74, 6) is -0.0961. The molecule has 13 heavy (non-hydrogen) atoms. The zero-order valence-electron chi connectivity index (χ0n) is 7.76. The standard InChI is InChI=1S/C12H11F/c1-8-7-9(2)12(13)11-6-4-3-5-10(8)11/h3-7H,1-2H3. The van der Waals surface area contributed by atoms with Crippen LogP contribution in [0.25, 0.3) is 10.8 Å². The van der Waals surface area contributed by atoms with Crippen LogP contribution >= 0.6 is 0 Å². The molecule has 0 aromatic heterocycles. The molecule has 66 valence electrons. The molecule has 0 aliphatic heterocycles. The van der Waals surface area contributed by atoms with Crippen LogP contribution < -0.4 is 0 Å². The molecule has 2 rings (SSSR count). The van der Waals surface area contributed by atoms with Crippen molar-refractivity contribution < 1.29 is 4.39 Å². The fraction of sp³-hybridized carbons (Fsp3) is 0.167. The van der Waals surface area contributed by atoms with Gasteiger partial charge in [0.2, 0.25) is 0 Å². The Morgan fingerprint density at radius 1 is 0.923 bits per heavy atom. The maximum absolute atomic E-state index is 13.6. The Morgan fingerprint density at radius 2 is 1.54 bits per heavy atom. The third kappa shape index (κ3) is 1.21. The lowest BCUT2D eigenvalue weighted by atomic mass is 10.0. The van der Waals surface area contributed by atoms with Crippen molar-refractivity contribution >= 4 is 10.8 Å². The first-order valence-electron chi connectivity index (χ1n) is 4.34. The summed E-state index contributed by atoms with van der Waals surface area (Å²) in [6, 6.07) is 9.46. The topological polar surface area (TPSA) is 0 Å². The van der Waals surface area contributed by atoms with Crippen molar-refractivity contribution in [1.82, 2.24) is 0 Å². The van der Waals surface area contributed by atoms with Gasteiger partial charge in [0.15, 0.2) is 0 Å². The van der Waals surface area contributed by atoms with Gasteiger partial charge < -0.3 is 0 Å². The molecule has 0 bridgehead atoms. The first kappa shape index (κ1) is 8.24. The minimum atomic E-state index is -0.0961. The number of aryl methyl sites for hydroxylation is 2. The van der Waals surface area contributed by atoms with Gasteiger partial charge in [-0.05, 0) is 30.4 Å². The van der Waals surface area contributed by atoms with Gasteiger partial charge >= 0.3 is 0 Å². The Bertz CT molecular complexity index is 458. The highest BCUT2D eigenvalue weighted by Crippen LogP contribution is 2.23. The highest BCUT2D eigenvalue weighted by atomic mass is 19.1. The van der Waals surface area contributed by atoms with Crippen LogP contribution in [0.1, 0.15) is 11.1 Å². The zero-order chi connectivity index (χ0) is 9.42. The number of halogens is 1. The molecule has 0 atom stereocenters. The first-order valence-corrected chi connectivity index (χ1v) is 4.34. The number of fused-ring (bicyclic) bond motifs is 1. The van der Waals surface area contributed by atoms with Gasteiger partial charge in [0, 0.05) is 5.39 Å². The lowest BCUT2D eigenvalue weighted by Crippen LogP contribution is -1.87. The molecule has 0 amide bonds. The first-order chi connectivity index (χ1) is 6.20. The van der Waals surface area contributed by atoms with Crippen LogP contribution in [0.2, 0.25) is 0 Å². The molecule has 2 aromatic carbocycles. The van der Waals surface area contributed by atoms with Crippen LogP contribution in [-0.2, 0) is 0 Å². The van der Waals surface area contributed by atoms with E-state index in [-0.39, 0.29) is 5.82 Å². The zero-order valence-corrected chi connectivity index (χ0v) is 7.76. The number of benzene rings is 2. The van der Waals surface area contributed by atoms with E-state index >= 15 is 0 Å². The number of rotatable bonds is 0. The van der Waals surface area contributed by atoms with Gasteiger partial charge in [-0.25, -0.2) is 4.39 Å². The largest absolute Gasteiger partial charge is 0.206 e. The molecule has 0 fully saturated rings. The highest BCUT2D eigenvalue weighted by molar-refractivity contribution is 5.86. The van der Waals surface area contributed by atoms with E-state index < -0.39 is 0 Å². The van der Waals surface area contributed by atoms with Gasteiger partial charge in [0.25, 0.3) is 0 Å². The molecule has 0 spiro atoms. The Morgan fingerprint density at radius 3 is 2.23 bits per heavy atom. The van der Waals surface area contributed by atoms with Crippen molar-refractivity contribution in [2.45, 2.75) is 13.8 Å². The van der Waals surface area contributed by atoms with Crippen LogP contribution in [0.4, 0.5) is 4.39 Å². The normalized spacial score (nSPS) is 10.7. The van der Waals surface area contributed by atoms with Gasteiger partial charge in [0.05, 0.1) is 0 Å². The summed E-state index contributed by atoms with van der Waals surface area (Å²) in [5, 5.41) is 1.73. The Kier molecular flexibility index (Phi) is 1.80. The number of hydrogen-bond donors (Lipinski definition) is 0. The minimum Gasteiger partial charge on any atom is -0.206 e. The van der Waals surface area contributed by atoms with Crippen LogP contribution in [0, 0.1) is 19.7 Å². The average Bonchev–Trinajstić information content (AvgIpc) is 2.15. The van der Waals surface area contributed by atoms with E-state index in [1.54, 1.807) is 6.92 Å². The van der Waals surface area contributed by atoms with Crippen molar-refractivity contribution in [2.24, 2.45) is 0 Å². The van der Waals surface area contributed by atoms with E-state index in [1.807, 2.05) is 37.3 Å². The molecule has 0 saturated heterocycles. The van der Waals surface area contributed by atoms with E-state index in [2.05, 4.69) is 0 Å². The summed E-state index contributed by atoms with van der Waals surface area (Å²) in [6.45, 7) is 3.81. The van der Waals surface area contributed by atoms with E-state index in [0.29, 0.717) is 0 Å². The second-order valence-corrected chi connectivity index (χ2v) is 3.37. The Balaban J connectivity index is 2.97. The van der Waals surface area contributed by atoms with Crippen molar-refractivity contribution in [1.29, 1.82) is 0 Å². The Hall–Kier alpha value is -1.37. The molecule has 2 aromatic rings. The van der Waals surface area contributed by atoms with Crippen molar-refractivity contribution in [2.75, 3.05) is 0 Å². The van der Waals surface area contributed by atoms with Crippen molar-refractivity contribution in [3.63, 3.8) is 0 Å². The maximum Gasteiger partial charge on any atom is 0.133 e. The molecule has 0 heterocycles. The molecule has 0 aliphatic rings. The van der Waals surface area contributed by atoms with Crippen LogP contribution in [-0.4, -0.2) is 0 Å². The van der Waals surface area contributed by atoms with E-state index in [4.69, 9.17) is 0 Å². The summed E-state index contributed by atoms with van der Waals surface area (Å²) in [5.41, 5.74) is 1.85. The van der Waals surface area contributed by atoms with E-state index in [0.717, 1.165) is 21.9 Å². The third-order valence-corrected chi connectivity index (χ3v) is 2.37. The summed E-state index contributed by atoms with van der Waals surface area (Å²) < 4.78 is 13.6. The molecule has 0 aliphatic carbocycles. The minimum absolute atomic E-state index is 0.0961. The molecular formula is C12H11F. The van der Waals surface area contributed by atoms with Gasteiger partial charge in [0.1, 0.15) is 5.82 Å². The average molecular weight is 174 g/mol. The fourth-order valence-electron chi connectivity index (χ4n) is 1.70. The van der Waals surface area contributed by atoms with E-state index in [9.17, 15) is 4.39 Å². The highest BCUT2D eigenvalue weighted by Gasteiger charge is 2.05. The van der Waals surface area contributed by atoms with Crippen LogP contribution in [0.3, 0.4) is 0 Å². The van der Waals surface area contributed by atoms with Gasteiger partial charge in [-0.15, -0.1) is 0 Å². The predicted molar refractivity (Wildman–Crippen MR) is 53.4 cm³/mol. The summed E-state index contributed by atoms with van der Waals surface area (Å²) >= 11 is 0. The maximum atomic E-state index is 13.6. The lowest BCUT2D eigenvalue weighted by Gasteiger charge is -2.05. The number of hydrogen-bond acceptors (Lipinski definition) is 0. The molecule has 0 unspecified atom stereocenters. The quantitative estimate of drug-likeness (QED) is 0.572. The van der Waals surface area contributed by atoms with Gasteiger partial charge in [-0.3, -0.25) is 0 Å². The van der Waals surface area contributed by atoms with Crippen LogP contribution in [0.5, 0.6) is 0 Å². The molecule has 0 saturated carbocycles. The summed E-state index contributed by atoms with van der Waals surface area (Å²) in [7, 11) is 0. The molecule has 0 nitrogen and oxygen atoms in total. The molecule has 0 N–H and O–H groups in total. The second-order valence-electron chi connectivity index (χ2n) is 3.37. The summed E-state index contributed by atoms with van der Waals surface area (Å²) in [4.78, 5) is 0. The Labute approximate surface area is 77.0 Å². The SMILES string of the molecule is Cc1cc(C)c2ccccc2c1F. The predicted octanol–water partition coefficient (Wildman–Crippen LogP) is 3.60. The third-order valence-electron chi connectivity index (χ3n) is 2.37. The van der Waals surface area contributed by atoms with Crippen molar-refractivity contribution in [3.05, 3.63) is 47.3 Å². The molecule has 1 heteroatoms. The van der Waals surface area contributed by atoms with Gasteiger partial charge in [-0.1, -0.05) is 30.3 Å². The van der Waals surface area contributed by atoms with Crippen molar-refractivity contribution in [3.8, 4) is 0 Å². The van der Waals surface area contributed by atoms with Gasteiger partial charge in [-0.2, -0.15) is 0 Å². The molecular weight excluding hydrogens is 163 g/mol. The summed E-state index contributed by atoms with van der Waals surface area (Å²) in [6.07, 6.45) is 0. The smallest absolute Gasteiger partial charge is 0.133 e. The molecule has 0 radical (unpaired) electrons. The van der Waals surface area contributed by atoms with Crippen LogP contribution in [0.15, 0.2) is 30.3 Å². The van der Waals surface area contributed by atoms with E-state index in [1.165, 1.54) is 0 Å².